The Balaban J connectivity index is 1.38. The minimum absolute atomic E-state index is 0.110. The monoisotopic (exact) mass is 551 g/mol. The molecule has 206 valence electrons. The van der Waals surface area contributed by atoms with Gasteiger partial charge in [-0.3, -0.25) is 9.80 Å². The van der Waals surface area contributed by atoms with Gasteiger partial charge < -0.3 is 10.1 Å². The molecule has 0 radical (unpaired) electrons. The maximum absolute atomic E-state index is 14.6. The SMILES string of the molecule is CC(C)Oc1cccc(CN2CCC3(CC2)CNC(=O)N3c2cc(F)ccc2-c2ccc(S(C)(=O)=O)cc2)c1. The zero-order valence-corrected chi connectivity index (χ0v) is 23.3. The number of hydrogen-bond donors (Lipinski definition) is 1. The first-order chi connectivity index (χ1) is 18.5. The molecule has 39 heavy (non-hydrogen) atoms. The third-order valence-electron chi connectivity index (χ3n) is 7.50. The van der Waals surface area contributed by atoms with Crippen LogP contribution in [0.25, 0.3) is 11.1 Å². The molecule has 2 saturated heterocycles. The normalized spacial score (nSPS) is 17.6. The number of hydrogen-bond acceptors (Lipinski definition) is 5. The molecule has 0 atom stereocenters. The smallest absolute Gasteiger partial charge is 0.322 e. The second kappa shape index (κ2) is 10.6. The van der Waals surface area contributed by atoms with Crippen LogP contribution in [0.4, 0.5) is 14.9 Å². The van der Waals surface area contributed by atoms with Crippen LogP contribution < -0.4 is 15.0 Å². The highest BCUT2D eigenvalue weighted by Crippen LogP contribution is 2.41. The summed E-state index contributed by atoms with van der Waals surface area (Å²) in [5, 5.41) is 3.00. The molecule has 3 aromatic rings. The Hall–Kier alpha value is -3.43. The van der Waals surface area contributed by atoms with Crippen LogP contribution in [-0.2, 0) is 16.4 Å². The van der Waals surface area contributed by atoms with Gasteiger partial charge in [0.05, 0.1) is 22.2 Å². The van der Waals surface area contributed by atoms with E-state index in [9.17, 15) is 17.6 Å². The lowest BCUT2D eigenvalue weighted by molar-refractivity contribution is 0.162. The molecular weight excluding hydrogens is 517 g/mol. The van der Waals surface area contributed by atoms with Gasteiger partial charge in [0.1, 0.15) is 11.6 Å². The number of anilines is 1. The van der Waals surface area contributed by atoms with Crippen molar-refractivity contribution >= 4 is 21.6 Å². The third-order valence-corrected chi connectivity index (χ3v) is 8.63. The van der Waals surface area contributed by atoms with Crippen LogP contribution in [-0.4, -0.2) is 56.9 Å². The molecule has 0 aromatic heterocycles. The molecule has 3 aromatic carbocycles. The molecule has 7 nitrogen and oxygen atoms in total. The van der Waals surface area contributed by atoms with Gasteiger partial charge >= 0.3 is 6.03 Å². The number of nitrogens with zero attached hydrogens (tertiary/aromatic N) is 2. The predicted molar refractivity (Wildman–Crippen MR) is 150 cm³/mol. The van der Waals surface area contributed by atoms with Gasteiger partial charge in [-0.1, -0.05) is 24.3 Å². The maximum atomic E-state index is 14.6. The van der Waals surface area contributed by atoms with Gasteiger partial charge in [-0.15, -0.1) is 0 Å². The van der Waals surface area contributed by atoms with Gasteiger partial charge in [-0.05, 0) is 80.3 Å². The Morgan fingerprint density at radius 2 is 1.74 bits per heavy atom. The average Bonchev–Trinajstić information content (AvgIpc) is 3.20. The van der Waals surface area contributed by atoms with E-state index in [0.717, 1.165) is 44.5 Å². The lowest BCUT2D eigenvalue weighted by atomic mass is 9.85. The zero-order valence-electron chi connectivity index (χ0n) is 22.5. The minimum Gasteiger partial charge on any atom is -0.491 e. The molecule has 5 rings (SSSR count). The highest BCUT2D eigenvalue weighted by molar-refractivity contribution is 7.90. The molecule has 0 aliphatic carbocycles. The molecule has 1 spiro atoms. The van der Waals surface area contributed by atoms with Crippen LogP contribution in [0.15, 0.2) is 71.6 Å². The van der Waals surface area contributed by atoms with Crippen LogP contribution in [0.1, 0.15) is 32.3 Å². The van der Waals surface area contributed by atoms with Gasteiger partial charge in [0.2, 0.25) is 0 Å². The van der Waals surface area contributed by atoms with E-state index < -0.39 is 21.2 Å². The largest absolute Gasteiger partial charge is 0.491 e. The number of ether oxygens (including phenoxy) is 1. The first-order valence-corrected chi connectivity index (χ1v) is 15.1. The summed E-state index contributed by atoms with van der Waals surface area (Å²) in [5.74, 6) is 0.424. The lowest BCUT2D eigenvalue weighted by Crippen LogP contribution is -2.54. The Morgan fingerprint density at radius 1 is 1.03 bits per heavy atom. The molecule has 1 N–H and O–H groups in total. The number of piperidine rings is 1. The van der Waals surface area contributed by atoms with Crippen molar-refractivity contribution in [3.05, 3.63) is 78.1 Å². The van der Waals surface area contributed by atoms with Gasteiger partial charge in [0.25, 0.3) is 0 Å². The number of nitrogens with one attached hydrogen (secondary N) is 1. The molecular formula is C30H34FN3O4S. The van der Waals surface area contributed by atoms with Crippen LogP contribution in [0, 0.1) is 5.82 Å². The van der Waals surface area contributed by atoms with Crippen LogP contribution in [0.2, 0.25) is 0 Å². The summed E-state index contributed by atoms with van der Waals surface area (Å²) in [6, 6.07) is 18.8. The fourth-order valence-corrected chi connectivity index (χ4v) is 6.20. The molecule has 0 bridgehead atoms. The first-order valence-electron chi connectivity index (χ1n) is 13.2. The standard InChI is InChI=1S/C30H34FN3O4S/c1-21(2)38-25-6-4-5-22(17-25)19-33-15-13-30(14-16-33)20-32-29(35)34(30)28-18-24(31)9-12-27(28)23-7-10-26(11-8-23)39(3,36)37/h4-12,17-18,21H,13-16,19-20H2,1-3H3,(H,32,35). The van der Waals surface area contributed by atoms with Gasteiger partial charge in [0.15, 0.2) is 9.84 Å². The van der Waals surface area contributed by atoms with Gasteiger partial charge in [-0.25, -0.2) is 17.6 Å². The topological polar surface area (TPSA) is 79.0 Å². The van der Waals surface area contributed by atoms with Crippen LogP contribution in [0.5, 0.6) is 5.75 Å². The number of carbonyl (C=O) groups excluding carboxylic acids is 1. The molecule has 2 fully saturated rings. The summed E-state index contributed by atoms with van der Waals surface area (Å²) < 4.78 is 44.3. The second-order valence-electron chi connectivity index (χ2n) is 10.8. The summed E-state index contributed by atoms with van der Waals surface area (Å²) in [6.45, 7) is 6.86. The van der Waals surface area contributed by atoms with Crippen LogP contribution >= 0.6 is 0 Å². The van der Waals surface area contributed by atoms with E-state index in [1.807, 2.05) is 26.0 Å². The Morgan fingerprint density at radius 3 is 2.41 bits per heavy atom. The van der Waals surface area contributed by atoms with Crippen molar-refractivity contribution in [2.45, 2.75) is 49.8 Å². The van der Waals surface area contributed by atoms with E-state index in [-0.39, 0.29) is 17.0 Å². The van der Waals surface area contributed by atoms with Crippen molar-refractivity contribution < 1.29 is 22.3 Å². The average molecular weight is 552 g/mol. The maximum Gasteiger partial charge on any atom is 0.322 e. The summed E-state index contributed by atoms with van der Waals surface area (Å²) >= 11 is 0. The van der Waals surface area contributed by atoms with Crippen molar-refractivity contribution in [2.24, 2.45) is 0 Å². The summed E-state index contributed by atoms with van der Waals surface area (Å²) in [6.07, 6.45) is 2.73. The highest BCUT2D eigenvalue weighted by Gasteiger charge is 2.48. The highest BCUT2D eigenvalue weighted by atomic mass is 32.2. The Kier molecular flexibility index (Phi) is 7.39. The van der Waals surface area contributed by atoms with Gasteiger partial charge in [0, 0.05) is 38.0 Å². The lowest BCUT2D eigenvalue weighted by Gasteiger charge is -2.44. The molecule has 2 amide bonds. The minimum atomic E-state index is -3.35. The van der Waals surface area contributed by atoms with E-state index in [4.69, 9.17) is 4.74 Å². The Bertz CT molecular complexity index is 1470. The predicted octanol–water partition coefficient (Wildman–Crippen LogP) is 5.25. The number of urea groups is 1. The molecule has 0 unspecified atom stereocenters. The number of carbonyl (C=O) groups is 1. The van der Waals surface area contributed by atoms with E-state index in [1.54, 1.807) is 23.1 Å². The number of amides is 2. The molecule has 9 heteroatoms. The van der Waals surface area contributed by atoms with E-state index in [0.29, 0.717) is 23.4 Å². The molecule has 0 saturated carbocycles. The van der Waals surface area contributed by atoms with E-state index >= 15 is 0 Å². The number of halogens is 1. The number of rotatable bonds is 7. The zero-order chi connectivity index (χ0) is 27.8. The Labute approximate surface area is 229 Å². The number of benzene rings is 3. The van der Waals surface area contributed by atoms with Crippen molar-refractivity contribution in [2.75, 3.05) is 30.8 Å². The van der Waals surface area contributed by atoms with E-state index in [1.165, 1.54) is 29.8 Å². The molecule has 2 aliphatic rings. The fourth-order valence-electron chi connectivity index (χ4n) is 5.57. The quantitative estimate of drug-likeness (QED) is 0.434. The first kappa shape index (κ1) is 27.1. The van der Waals surface area contributed by atoms with Crippen LogP contribution in [0.3, 0.4) is 0 Å². The second-order valence-corrected chi connectivity index (χ2v) is 12.8. The number of likely N-dealkylation sites (tertiary alicyclic amines) is 1. The summed E-state index contributed by atoms with van der Waals surface area (Å²) in [4.78, 5) is 17.5. The van der Waals surface area contributed by atoms with Gasteiger partial charge in [-0.2, -0.15) is 0 Å². The summed E-state index contributed by atoms with van der Waals surface area (Å²) in [5.41, 5.74) is 2.58. The number of sulfone groups is 1. The third kappa shape index (κ3) is 5.79. The van der Waals surface area contributed by atoms with Crippen molar-refractivity contribution in [3.63, 3.8) is 0 Å². The molecule has 2 aliphatic heterocycles. The molecule has 2 heterocycles. The fraction of sp³-hybridized carbons (Fsp3) is 0.367. The van der Waals surface area contributed by atoms with Crippen molar-refractivity contribution in [1.82, 2.24) is 10.2 Å². The van der Waals surface area contributed by atoms with E-state index in [2.05, 4.69) is 22.3 Å². The van der Waals surface area contributed by atoms with Crippen molar-refractivity contribution in [3.8, 4) is 16.9 Å². The van der Waals surface area contributed by atoms with Crippen molar-refractivity contribution in [1.29, 1.82) is 0 Å². The summed E-state index contributed by atoms with van der Waals surface area (Å²) in [7, 11) is -3.35.